The van der Waals surface area contributed by atoms with Crippen LogP contribution in [0.4, 0.5) is 0 Å². The number of hydrogen-bond donors (Lipinski definition) is 0. The summed E-state index contributed by atoms with van der Waals surface area (Å²) in [6.07, 6.45) is -0.474. The van der Waals surface area contributed by atoms with Crippen LogP contribution in [0.15, 0.2) is 40.9 Å². The van der Waals surface area contributed by atoms with E-state index in [1.807, 2.05) is 44.2 Å². The molecule has 2 aromatic carbocycles. The third-order valence-corrected chi connectivity index (χ3v) is 4.00. The van der Waals surface area contributed by atoms with E-state index in [-0.39, 0.29) is 5.91 Å². The van der Waals surface area contributed by atoms with Crippen molar-refractivity contribution in [1.29, 1.82) is 0 Å². The van der Waals surface area contributed by atoms with E-state index in [1.54, 1.807) is 11.8 Å². The van der Waals surface area contributed by atoms with Gasteiger partial charge in [-0.25, -0.2) is 0 Å². The molecule has 0 fully saturated rings. The van der Waals surface area contributed by atoms with Gasteiger partial charge in [-0.05, 0) is 55.8 Å². The molecule has 0 spiro atoms. The summed E-state index contributed by atoms with van der Waals surface area (Å²) in [4.78, 5) is 14.0. The summed E-state index contributed by atoms with van der Waals surface area (Å²) in [6.45, 7) is 7.15. The molecule has 0 heterocycles. The lowest BCUT2D eigenvalue weighted by molar-refractivity contribution is -0.137. The molecule has 2 aromatic rings. The number of carbonyl (C=O) groups excluding carboxylic acids is 1. The Morgan fingerprint density at radius 1 is 1.14 bits per heavy atom. The average molecular weight is 350 g/mol. The Morgan fingerprint density at radius 2 is 1.76 bits per heavy atom. The Kier molecular flexibility index (Phi) is 5.23. The predicted octanol–water partition coefficient (Wildman–Crippen LogP) is 4.24. The van der Waals surface area contributed by atoms with Crippen molar-refractivity contribution in [1.82, 2.24) is 4.90 Å². The zero-order valence-electron chi connectivity index (χ0n) is 12.6. The van der Waals surface area contributed by atoms with E-state index >= 15 is 0 Å². The van der Waals surface area contributed by atoms with Crippen molar-refractivity contribution >= 4 is 32.6 Å². The summed E-state index contributed by atoms with van der Waals surface area (Å²) < 4.78 is 6.85. The number of hydrogen-bond acceptors (Lipinski definition) is 2. The van der Waals surface area contributed by atoms with Gasteiger partial charge in [0.2, 0.25) is 0 Å². The number of rotatable bonds is 5. The lowest BCUT2D eigenvalue weighted by Crippen LogP contribution is -2.40. The molecule has 1 atom stereocenters. The second-order valence-electron chi connectivity index (χ2n) is 4.92. The van der Waals surface area contributed by atoms with E-state index in [0.717, 1.165) is 21.0 Å². The molecule has 112 valence electrons. The number of benzene rings is 2. The molecule has 0 saturated carbocycles. The third kappa shape index (κ3) is 3.76. The maximum Gasteiger partial charge on any atom is 0.263 e. The van der Waals surface area contributed by atoms with Crippen molar-refractivity contribution in [3.05, 3.63) is 40.9 Å². The number of nitrogens with zero attached hydrogens (tertiary/aromatic N) is 1. The van der Waals surface area contributed by atoms with E-state index < -0.39 is 6.10 Å². The van der Waals surface area contributed by atoms with Gasteiger partial charge in [0.15, 0.2) is 6.10 Å². The van der Waals surface area contributed by atoms with Crippen LogP contribution in [0.2, 0.25) is 0 Å². The standard InChI is InChI=1S/C17H20BrNO2/c1-4-19(5-2)17(20)12(3)21-16-9-7-13-10-15(18)8-6-14(13)11-16/h6-12H,4-5H2,1-3H3. The van der Waals surface area contributed by atoms with Crippen molar-refractivity contribution < 1.29 is 9.53 Å². The third-order valence-electron chi connectivity index (χ3n) is 3.51. The van der Waals surface area contributed by atoms with Gasteiger partial charge >= 0.3 is 0 Å². The van der Waals surface area contributed by atoms with Gasteiger partial charge in [0.25, 0.3) is 5.91 Å². The van der Waals surface area contributed by atoms with E-state index in [2.05, 4.69) is 22.0 Å². The number of carbonyl (C=O) groups is 1. The van der Waals surface area contributed by atoms with Crippen LogP contribution in [0, 0.1) is 0 Å². The number of halogens is 1. The van der Waals surface area contributed by atoms with Crippen LogP contribution in [0.25, 0.3) is 10.8 Å². The SMILES string of the molecule is CCN(CC)C(=O)C(C)Oc1ccc2cc(Br)ccc2c1. The molecule has 1 unspecified atom stereocenters. The van der Waals surface area contributed by atoms with Crippen molar-refractivity contribution in [2.75, 3.05) is 13.1 Å². The van der Waals surface area contributed by atoms with Crippen molar-refractivity contribution in [2.24, 2.45) is 0 Å². The predicted molar refractivity (Wildman–Crippen MR) is 89.7 cm³/mol. The lowest BCUT2D eigenvalue weighted by Gasteiger charge is -2.23. The molecule has 21 heavy (non-hydrogen) atoms. The minimum Gasteiger partial charge on any atom is -0.481 e. The second kappa shape index (κ2) is 6.94. The molecule has 0 aliphatic heterocycles. The van der Waals surface area contributed by atoms with Crippen LogP contribution in [-0.2, 0) is 4.79 Å². The molecule has 0 aliphatic rings. The molecule has 1 amide bonds. The van der Waals surface area contributed by atoms with Gasteiger partial charge in [0, 0.05) is 17.6 Å². The number of amides is 1. The van der Waals surface area contributed by atoms with Crippen molar-refractivity contribution in [2.45, 2.75) is 26.9 Å². The minimum atomic E-state index is -0.474. The first-order chi connectivity index (χ1) is 10.0. The van der Waals surface area contributed by atoms with Crippen molar-refractivity contribution in [3.63, 3.8) is 0 Å². The summed E-state index contributed by atoms with van der Waals surface area (Å²) in [5.74, 6) is 0.744. The first-order valence-electron chi connectivity index (χ1n) is 7.20. The monoisotopic (exact) mass is 349 g/mol. The fourth-order valence-corrected chi connectivity index (χ4v) is 2.69. The number of likely N-dealkylation sites (N-methyl/N-ethyl adjacent to an activating group) is 1. The minimum absolute atomic E-state index is 0.0240. The highest BCUT2D eigenvalue weighted by atomic mass is 79.9. The van der Waals surface area contributed by atoms with Crippen LogP contribution in [0.3, 0.4) is 0 Å². The molecular formula is C17H20BrNO2. The lowest BCUT2D eigenvalue weighted by atomic mass is 10.1. The highest BCUT2D eigenvalue weighted by Crippen LogP contribution is 2.24. The summed E-state index contributed by atoms with van der Waals surface area (Å²) in [6, 6.07) is 12.0. The molecule has 0 aliphatic carbocycles. The van der Waals surface area contributed by atoms with E-state index in [1.165, 1.54) is 0 Å². The summed E-state index contributed by atoms with van der Waals surface area (Å²) >= 11 is 3.46. The largest absolute Gasteiger partial charge is 0.481 e. The van der Waals surface area contributed by atoms with E-state index in [0.29, 0.717) is 13.1 Å². The molecule has 2 rings (SSSR count). The Hall–Kier alpha value is -1.55. The van der Waals surface area contributed by atoms with Gasteiger partial charge in [0.1, 0.15) is 5.75 Å². The fourth-order valence-electron chi connectivity index (χ4n) is 2.31. The molecule has 0 N–H and O–H groups in total. The van der Waals surface area contributed by atoms with Gasteiger partial charge in [-0.1, -0.05) is 28.1 Å². The molecule has 0 aromatic heterocycles. The fraction of sp³-hybridized carbons (Fsp3) is 0.353. The Labute approximate surface area is 134 Å². The topological polar surface area (TPSA) is 29.5 Å². The smallest absolute Gasteiger partial charge is 0.263 e. The molecule has 0 radical (unpaired) electrons. The Morgan fingerprint density at radius 3 is 2.43 bits per heavy atom. The van der Waals surface area contributed by atoms with Crippen LogP contribution in [-0.4, -0.2) is 30.0 Å². The Bertz CT molecular complexity index is 638. The Balaban J connectivity index is 2.15. The van der Waals surface area contributed by atoms with Gasteiger partial charge < -0.3 is 9.64 Å². The molecule has 0 bridgehead atoms. The van der Waals surface area contributed by atoms with E-state index in [9.17, 15) is 4.79 Å². The zero-order chi connectivity index (χ0) is 15.4. The van der Waals surface area contributed by atoms with Gasteiger partial charge in [-0.2, -0.15) is 0 Å². The average Bonchev–Trinajstić information content (AvgIpc) is 2.48. The molecule has 0 saturated heterocycles. The first kappa shape index (κ1) is 15.8. The van der Waals surface area contributed by atoms with Crippen LogP contribution in [0.1, 0.15) is 20.8 Å². The zero-order valence-corrected chi connectivity index (χ0v) is 14.2. The molecule has 4 heteroatoms. The molecular weight excluding hydrogens is 330 g/mol. The van der Waals surface area contributed by atoms with E-state index in [4.69, 9.17) is 4.74 Å². The first-order valence-corrected chi connectivity index (χ1v) is 7.99. The van der Waals surface area contributed by atoms with Gasteiger partial charge in [0.05, 0.1) is 0 Å². The van der Waals surface area contributed by atoms with Gasteiger partial charge in [-0.3, -0.25) is 4.79 Å². The highest BCUT2D eigenvalue weighted by Gasteiger charge is 2.19. The number of ether oxygens (including phenoxy) is 1. The summed E-state index contributed by atoms with van der Waals surface area (Å²) in [7, 11) is 0. The quantitative estimate of drug-likeness (QED) is 0.807. The van der Waals surface area contributed by atoms with Crippen molar-refractivity contribution in [3.8, 4) is 5.75 Å². The van der Waals surface area contributed by atoms with Gasteiger partial charge in [-0.15, -0.1) is 0 Å². The normalized spacial score (nSPS) is 12.2. The maximum atomic E-state index is 12.2. The second-order valence-corrected chi connectivity index (χ2v) is 5.84. The van der Waals surface area contributed by atoms with Crippen LogP contribution >= 0.6 is 15.9 Å². The number of fused-ring (bicyclic) bond motifs is 1. The summed E-state index contributed by atoms with van der Waals surface area (Å²) in [5, 5.41) is 2.23. The molecule has 3 nitrogen and oxygen atoms in total. The summed E-state index contributed by atoms with van der Waals surface area (Å²) in [5.41, 5.74) is 0. The maximum absolute atomic E-state index is 12.2. The van der Waals surface area contributed by atoms with Crippen LogP contribution < -0.4 is 4.74 Å². The highest BCUT2D eigenvalue weighted by molar-refractivity contribution is 9.10. The van der Waals surface area contributed by atoms with Crippen LogP contribution in [0.5, 0.6) is 5.75 Å².